The van der Waals surface area contributed by atoms with Crippen molar-refractivity contribution in [2.24, 2.45) is 0 Å². The molecule has 1 amide bonds. The van der Waals surface area contributed by atoms with Gasteiger partial charge in [0, 0.05) is 19.4 Å². The molecule has 2 N–H and O–H groups in total. The van der Waals surface area contributed by atoms with Crippen LogP contribution in [-0.2, 0) is 29.0 Å². The van der Waals surface area contributed by atoms with E-state index in [1.807, 2.05) is 49.4 Å². The van der Waals surface area contributed by atoms with Crippen LogP contribution in [0.4, 0.5) is 0 Å². The summed E-state index contributed by atoms with van der Waals surface area (Å²) in [5.74, 6) is -0.792. The second kappa shape index (κ2) is 9.52. The molecule has 0 unspecified atom stereocenters. The molecule has 5 nitrogen and oxygen atoms in total. The molecule has 3 rings (SSSR count). The lowest BCUT2D eigenvalue weighted by Crippen LogP contribution is -2.31. The Morgan fingerprint density at radius 2 is 1.90 bits per heavy atom. The number of nitrogens with zero attached hydrogens (tertiary/aromatic N) is 1. The number of carbonyl (C=O) groups excluding carboxylic acids is 1. The highest BCUT2D eigenvalue weighted by Crippen LogP contribution is 2.23. The summed E-state index contributed by atoms with van der Waals surface area (Å²) >= 11 is 0. The summed E-state index contributed by atoms with van der Waals surface area (Å²) in [4.78, 5) is 25.1. The van der Waals surface area contributed by atoms with Gasteiger partial charge >= 0.3 is 5.97 Å². The van der Waals surface area contributed by atoms with Crippen LogP contribution in [0.3, 0.4) is 0 Å². The van der Waals surface area contributed by atoms with Crippen molar-refractivity contribution in [1.82, 2.24) is 4.90 Å². The summed E-state index contributed by atoms with van der Waals surface area (Å²) < 4.78 is 0. The molecule has 0 bridgehead atoms. The number of aliphatic carboxylic acids is 1. The predicted molar refractivity (Wildman–Crippen MR) is 111 cm³/mol. The van der Waals surface area contributed by atoms with Crippen molar-refractivity contribution in [3.8, 4) is 0 Å². The number of hydrogen-bond donors (Lipinski definition) is 2. The maximum absolute atomic E-state index is 12.4. The zero-order valence-electron chi connectivity index (χ0n) is 16.6. The van der Waals surface area contributed by atoms with E-state index in [0.29, 0.717) is 19.4 Å². The highest BCUT2D eigenvalue weighted by Gasteiger charge is 2.29. The van der Waals surface area contributed by atoms with E-state index in [2.05, 4.69) is 6.07 Å². The molecule has 1 aliphatic heterocycles. The molecule has 0 spiro atoms. The summed E-state index contributed by atoms with van der Waals surface area (Å²) in [6.45, 7) is 2.47. The number of carbonyl (C=O) groups is 2. The Bertz CT molecular complexity index is 905. The van der Waals surface area contributed by atoms with E-state index >= 15 is 0 Å². The van der Waals surface area contributed by atoms with Gasteiger partial charge in [-0.2, -0.15) is 0 Å². The molecule has 1 heterocycles. The maximum Gasteiger partial charge on any atom is 0.307 e. The first kappa shape index (κ1) is 20.8. The minimum atomic E-state index is -0.872. The molecular weight excluding hydrogens is 366 g/mol. The smallest absolute Gasteiger partial charge is 0.307 e. The van der Waals surface area contributed by atoms with Crippen molar-refractivity contribution < 1.29 is 19.8 Å². The molecule has 0 aliphatic carbocycles. The van der Waals surface area contributed by atoms with Crippen molar-refractivity contribution in [2.45, 2.75) is 51.3 Å². The normalized spacial score (nSPS) is 17.8. The third kappa shape index (κ3) is 6.03. The maximum atomic E-state index is 12.4. The average molecular weight is 393 g/mol. The van der Waals surface area contributed by atoms with Crippen LogP contribution in [0.5, 0.6) is 0 Å². The molecule has 0 saturated carbocycles. The van der Waals surface area contributed by atoms with E-state index in [1.165, 1.54) is 0 Å². The lowest BCUT2D eigenvalue weighted by molar-refractivity contribution is -0.136. The second-order valence-corrected chi connectivity index (χ2v) is 7.66. The van der Waals surface area contributed by atoms with Gasteiger partial charge in [0.25, 0.3) is 0 Å². The van der Waals surface area contributed by atoms with Gasteiger partial charge in [-0.1, -0.05) is 66.2 Å². The summed E-state index contributed by atoms with van der Waals surface area (Å²) in [6, 6.07) is 15.4. The predicted octanol–water partition coefficient (Wildman–Crippen LogP) is 3.27. The zero-order chi connectivity index (χ0) is 20.8. The molecule has 29 heavy (non-hydrogen) atoms. The second-order valence-electron chi connectivity index (χ2n) is 7.66. The van der Waals surface area contributed by atoms with Gasteiger partial charge in [0.1, 0.15) is 0 Å². The zero-order valence-corrected chi connectivity index (χ0v) is 16.6. The minimum absolute atomic E-state index is 0.0315. The van der Waals surface area contributed by atoms with Crippen molar-refractivity contribution in [3.63, 3.8) is 0 Å². The first-order chi connectivity index (χ1) is 13.9. The molecule has 2 aromatic rings. The van der Waals surface area contributed by atoms with Gasteiger partial charge in [0.2, 0.25) is 5.91 Å². The standard InChI is InChI=1S/C24H27NO4/c1-17-4-2-5-18(12-17)14-22(26)10-8-21-9-11-23(27)25(21)16-20-7-3-6-19(13-20)15-24(28)29/h2-8,10,12-13,21-22,26H,9,11,14-16H2,1H3,(H,28,29)/t21-,22+/m0/s1. The number of rotatable bonds is 8. The Morgan fingerprint density at radius 3 is 2.66 bits per heavy atom. The number of benzene rings is 2. The molecule has 5 heteroatoms. The third-order valence-electron chi connectivity index (χ3n) is 5.16. The Morgan fingerprint density at radius 1 is 1.17 bits per heavy atom. The summed E-state index contributed by atoms with van der Waals surface area (Å²) in [6.07, 6.45) is 4.81. The van der Waals surface area contributed by atoms with Crippen LogP contribution in [0.2, 0.25) is 0 Å². The van der Waals surface area contributed by atoms with Crippen LogP contribution in [-0.4, -0.2) is 39.1 Å². The van der Waals surface area contributed by atoms with Gasteiger partial charge in [-0.3, -0.25) is 9.59 Å². The fourth-order valence-corrected chi connectivity index (χ4v) is 3.78. The topological polar surface area (TPSA) is 77.8 Å². The molecular formula is C24H27NO4. The fourth-order valence-electron chi connectivity index (χ4n) is 3.78. The van der Waals surface area contributed by atoms with E-state index in [9.17, 15) is 14.7 Å². The van der Waals surface area contributed by atoms with Crippen molar-refractivity contribution >= 4 is 11.9 Å². The number of likely N-dealkylation sites (tertiary alicyclic amines) is 1. The Balaban J connectivity index is 1.64. The summed E-state index contributed by atoms with van der Waals surface area (Å²) in [5.41, 5.74) is 3.88. The van der Waals surface area contributed by atoms with Crippen LogP contribution < -0.4 is 0 Å². The molecule has 0 aromatic heterocycles. The first-order valence-electron chi connectivity index (χ1n) is 9.92. The summed E-state index contributed by atoms with van der Waals surface area (Å²) in [7, 11) is 0. The number of carboxylic acid groups (broad SMARTS) is 1. The average Bonchev–Trinajstić information content (AvgIpc) is 3.00. The van der Waals surface area contributed by atoms with Crippen LogP contribution in [0.15, 0.2) is 60.7 Å². The van der Waals surface area contributed by atoms with Crippen LogP contribution >= 0.6 is 0 Å². The third-order valence-corrected chi connectivity index (χ3v) is 5.16. The molecule has 1 saturated heterocycles. The van der Waals surface area contributed by atoms with Crippen molar-refractivity contribution in [1.29, 1.82) is 0 Å². The Hall–Kier alpha value is -2.92. The van der Waals surface area contributed by atoms with E-state index in [1.54, 1.807) is 17.0 Å². The molecule has 1 aliphatic rings. The van der Waals surface area contributed by atoms with Gasteiger partial charge < -0.3 is 15.1 Å². The lowest BCUT2D eigenvalue weighted by atomic mass is 10.0. The van der Waals surface area contributed by atoms with Crippen molar-refractivity contribution in [3.05, 3.63) is 82.9 Å². The Kier molecular flexibility index (Phi) is 6.83. The fraction of sp³-hybridized carbons (Fsp3) is 0.333. The molecule has 2 aromatic carbocycles. The number of aryl methyl sites for hydroxylation is 1. The Labute approximate surface area is 171 Å². The van der Waals surface area contributed by atoms with Crippen LogP contribution in [0.25, 0.3) is 0 Å². The molecule has 1 fully saturated rings. The van der Waals surface area contributed by atoms with Crippen molar-refractivity contribution in [2.75, 3.05) is 0 Å². The van der Waals surface area contributed by atoms with Gasteiger partial charge in [-0.15, -0.1) is 0 Å². The number of amides is 1. The number of carboxylic acids is 1. The van der Waals surface area contributed by atoms with E-state index in [-0.39, 0.29) is 18.4 Å². The highest BCUT2D eigenvalue weighted by molar-refractivity contribution is 5.79. The molecule has 152 valence electrons. The number of aliphatic hydroxyl groups excluding tert-OH is 1. The van der Waals surface area contributed by atoms with Crippen LogP contribution in [0.1, 0.15) is 35.1 Å². The summed E-state index contributed by atoms with van der Waals surface area (Å²) in [5, 5.41) is 19.3. The van der Waals surface area contributed by atoms with Gasteiger partial charge in [-0.25, -0.2) is 0 Å². The lowest BCUT2D eigenvalue weighted by Gasteiger charge is -2.23. The quantitative estimate of drug-likeness (QED) is 0.675. The highest BCUT2D eigenvalue weighted by atomic mass is 16.4. The van der Waals surface area contributed by atoms with E-state index in [0.717, 1.165) is 28.7 Å². The van der Waals surface area contributed by atoms with Gasteiger partial charge in [-0.05, 0) is 30.0 Å². The number of aliphatic hydroxyl groups is 1. The monoisotopic (exact) mass is 393 g/mol. The molecule has 0 radical (unpaired) electrons. The van der Waals surface area contributed by atoms with Gasteiger partial charge in [0.05, 0.1) is 18.6 Å². The minimum Gasteiger partial charge on any atom is -0.481 e. The van der Waals surface area contributed by atoms with Gasteiger partial charge in [0.15, 0.2) is 0 Å². The largest absolute Gasteiger partial charge is 0.481 e. The van der Waals surface area contributed by atoms with E-state index in [4.69, 9.17) is 5.11 Å². The number of hydrogen-bond acceptors (Lipinski definition) is 3. The van der Waals surface area contributed by atoms with E-state index < -0.39 is 12.1 Å². The SMILES string of the molecule is Cc1cccc(C[C@H](O)C=C[C@H]2CCC(=O)N2Cc2cccc(CC(=O)O)c2)c1. The first-order valence-corrected chi connectivity index (χ1v) is 9.92. The van der Waals surface area contributed by atoms with Crippen LogP contribution in [0, 0.1) is 6.92 Å². The molecule has 2 atom stereocenters.